The van der Waals surface area contributed by atoms with Gasteiger partial charge in [-0.3, -0.25) is 0 Å². The molecule has 0 spiro atoms. The Balaban J connectivity index is 0.000000715. The van der Waals surface area contributed by atoms with Crippen LogP contribution in [0.25, 0.3) is 0 Å². The van der Waals surface area contributed by atoms with Gasteiger partial charge in [-0.1, -0.05) is 60.8 Å². The number of nitrogens with two attached hydrogens (primary N) is 1. The molecule has 0 aliphatic rings. The van der Waals surface area contributed by atoms with Crippen molar-refractivity contribution in [3.05, 3.63) is 60.7 Å². The first kappa shape index (κ1) is 19.6. The summed E-state index contributed by atoms with van der Waals surface area (Å²) < 4.78 is 0. The fourth-order valence-corrected chi connectivity index (χ4v) is 1.72. The van der Waals surface area contributed by atoms with E-state index in [4.69, 9.17) is 17.3 Å². The van der Waals surface area contributed by atoms with Crippen LogP contribution in [0.4, 0.5) is 11.4 Å². The Morgan fingerprint density at radius 1 is 0.810 bits per heavy atom. The standard InChI is InChI=1S/C13H11NOS.CH3NOS.Mg/c15-13(16)14(11-7-3-1-4-8-11)12-9-5-2-6-10-12;2-1(3)4;/h1-10H,(H,15,16);(H3,2,3,4);/q;;+2/p-2. The van der Waals surface area contributed by atoms with Crippen LogP contribution in [0.15, 0.2) is 60.7 Å². The van der Waals surface area contributed by atoms with Crippen molar-refractivity contribution in [3.63, 3.8) is 0 Å². The first-order chi connectivity index (χ1) is 9.52. The summed E-state index contributed by atoms with van der Waals surface area (Å²) in [6.07, 6.45) is 0. The number of hydrogen-bond acceptors (Lipinski definition) is 4. The summed E-state index contributed by atoms with van der Waals surface area (Å²) in [7, 11) is 0. The van der Waals surface area contributed by atoms with Crippen LogP contribution >= 0.6 is 24.4 Å². The third-order valence-electron chi connectivity index (χ3n) is 2.21. The summed E-state index contributed by atoms with van der Waals surface area (Å²) in [4.78, 5) is 1.51. The number of thiocarbonyl (C=S) groups is 2. The zero-order chi connectivity index (χ0) is 15.0. The molecule has 0 unspecified atom stereocenters. The van der Waals surface area contributed by atoms with Crippen molar-refractivity contribution in [2.24, 2.45) is 5.73 Å². The molecule has 0 heterocycles. The monoisotopic (exact) mass is 328 g/mol. The summed E-state index contributed by atoms with van der Waals surface area (Å²) in [5.41, 5.74) is 5.86. The molecule has 2 rings (SSSR count). The topological polar surface area (TPSA) is 75.4 Å². The molecule has 21 heavy (non-hydrogen) atoms. The molecule has 0 fully saturated rings. The van der Waals surface area contributed by atoms with Crippen molar-refractivity contribution >= 4 is 69.2 Å². The molecule has 0 saturated carbocycles. The van der Waals surface area contributed by atoms with Crippen molar-refractivity contribution in [2.45, 2.75) is 0 Å². The fourth-order valence-electron chi connectivity index (χ4n) is 1.51. The van der Waals surface area contributed by atoms with E-state index < -0.39 is 10.3 Å². The zero-order valence-corrected chi connectivity index (χ0v) is 14.2. The molecule has 2 aromatic rings. The Labute approximate surface area is 150 Å². The molecule has 0 saturated heterocycles. The maximum atomic E-state index is 11.5. The molecular formula is C14H12MgN2O2S2. The Morgan fingerprint density at radius 3 is 1.33 bits per heavy atom. The minimum absolute atomic E-state index is 0. The van der Waals surface area contributed by atoms with Crippen LogP contribution in [-0.2, 0) is 0 Å². The molecule has 0 amide bonds. The molecule has 2 N–H and O–H groups in total. The molecule has 2 aromatic carbocycles. The van der Waals surface area contributed by atoms with Gasteiger partial charge >= 0.3 is 23.1 Å². The van der Waals surface area contributed by atoms with Crippen LogP contribution in [0.3, 0.4) is 0 Å². The Bertz CT molecular complexity index is 524. The Kier molecular flexibility index (Phi) is 9.64. The minimum Gasteiger partial charge on any atom is -0.852 e. The zero-order valence-electron chi connectivity index (χ0n) is 11.1. The SMILES string of the molecule is NC([O-])=S.[Mg+2].[O-]C(=S)N(c1ccccc1)c1ccccc1. The van der Waals surface area contributed by atoms with E-state index in [1.165, 1.54) is 4.90 Å². The van der Waals surface area contributed by atoms with Gasteiger partial charge in [-0.2, -0.15) is 0 Å². The average Bonchev–Trinajstić information content (AvgIpc) is 2.40. The van der Waals surface area contributed by atoms with E-state index in [2.05, 4.69) is 18.0 Å². The number of hydrogen-bond donors (Lipinski definition) is 1. The Morgan fingerprint density at radius 2 is 1.10 bits per heavy atom. The van der Waals surface area contributed by atoms with Crippen molar-refractivity contribution in [1.82, 2.24) is 0 Å². The third-order valence-corrected chi connectivity index (χ3v) is 2.39. The number of rotatable bonds is 2. The number of benzene rings is 2. The van der Waals surface area contributed by atoms with Gasteiger partial charge in [0.2, 0.25) is 0 Å². The van der Waals surface area contributed by atoms with Crippen molar-refractivity contribution in [3.8, 4) is 0 Å². The number of anilines is 2. The fraction of sp³-hybridized carbons (Fsp3) is 0. The van der Waals surface area contributed by atoms with Crippen LogP contribution in [0.1, 0.15) is 0 Å². The summed E-state index contributed by atoms with van der Waals surface area (Å²) in [6.45, 7) is 0. The van der Waals surface area contributed by atoms with E-state index in [0.29, 0.717) is 0 Å². The molecule has 0 radical (unpaired) electrons. The molecule has 4 nitrogen and oxygen atoms in total. The largest absolute Gasteiger partial charge is 2.00 e. The van der Waals surface area contributed by atoms with Crippen LogP contribution in [0.5, 0.6) is 0 Å². The number of nitrogens with zero attached hydrogens (tertiary/aromatic N) is 1. The predicted molar refractivity (Wildman–Crippen MR) is 90.2 cm³/mol. The second-order valence-electron chi connectivity index (χ2n) is 3.59. The van der Waals surface area contributed by atoms with Gasteiger partial charge in [0.1, 0.15) is 0 Å². The second-order valence-corrected chi connectivity index (χ2v) is 4.34. The van der Waals surface area contributed by atoms with Crippen LogP contribution in [-0.4, -0.2) is 33.4 Å². The normalized spacial score (nSPS) is 8.57. The maximum Gasteiger partial charge on any atom is 2.00 e. The van der Waals surface area contributed by atoms with E-state index in [0.717, 1.165) is 11.4 Å². The van der Waals surface area contributed by atoms with Gasteiger partial charge in [-0.15, -0.1) is 0 Å². The average molecular weight is 329 g/mol. The van der Waals surface area contributed by atoms with E-state index in [-0.39, 0.29) is 23.1 Å². The molecule has 0 aliphatic heterocycles. The first-order valence-electron chi connectivity index (χ1n) is 5.60. The van der Waals surface area contributed by atoms with E-state index in [1.54, 1.807) is 0 Å². The molecular weight excluding hydrogens is 317 g/mol. The predicted octanol–water partition coefficient (Wildman–Crippen LogP) is 0.679. The molecule has 0 atom stereocenters. The summed E-state index contributed by atoms with van der Waals surface area (Å²) in [5, 5.41) is 19.4. The second kappa shape index (κ2) is 10.3. The van der Waals surface area contributed by atoms with E-state index in [1.807, 2.05) is 60.7 Å². The molecule has 0 aromatic heterocycles. The summed E-state index contributed by atoms with van der Waals surface area (Å²) >= 11 is 8.51. The Hall–Kier alpha value is -1.41. The van der Waals surface area contributed by atoms with Gasteiger partial charge < -0.3 is 20.8 Å². The minimum atomic E-state index is -0.750. The van der Waals surface area contributed by atoms with Crippen LogP contribution in [0.2, 0.25) is 0 Å². The summed E-state index contributed by atoms with van der Waals surface area (Å²) in [5.74, 6) is 0. The van der Waals surface area contributed by atoms with Gasteiger partial charge in [0.05, 0.1) is 0 Å². The third kappa shape index (κ3) is 7.23. The van der Waals surface area contributed by atoms with Crippen LogP contribution < -0.4 is 20.8 Å². The quantitative estimate of drug-likeness (QED) is 0.645. The molecule has 7 heteroatoms. The molecule has 0 aliphatic carbocycles. The van der Waals surface area contributed by atoms with Gasteiger partial charge in [0.15, 0.2) is 0 Å². The summed E-state index contributed by atoms with van der Waals surface area (Å²) in [6, 6.07) is 18.8. The van der Waals surface area contributed by atoms with Crippen molar-refractivity contribution < 1.29 is 10.2 Å². The molecule has 0 bridgehead atoms. The van der Waals surface area contributed by atoms with E-state index >= 15 is 0 Å². The molecule has 104 valence electrons. The van der Waals surface area contributed by atoms with Gasteiger partial charge in [-0.05, 0) is 24.3 Å². The van der Waals surface area contributed by atoms with Gasteiger partial charge in [0, 0.05) is 21.7 Å². The first-order valence-corrected chi connectivity index (χ1v) is 6.41. The van der Waals surface area contributed by atoms with Crippen molar-refractivity contribution in [1.29, 1.82) is 0 Å². The van der Waals surface area contributed by atoms with Crippen molar-refractivity contribution in [2.75, 3.05) is 4.90 Å². The smallest absolute Gasteiger partial charge is 0.852 e. The van der Waals surface area contributed by atoms with Gasteiger partial charge in [0.25, 0.3) is 0 Å². The van der Waals surface area contributed by atoms with E-state index in [9.17, 15) is 5.11 Å². The van der Waals surface area contributed by atoms with Crippen LogP contribution in [0, 0.1) is 0 Å². The van der Waals surface area contributed by atoms with Gasteiger partial charge in [-0.25, -0.2) is 0 Å². The maximum absolute atomic E-state index is 11.5. The number of para-hydroxylation sites is 2.